The Balaban J connectivity index is 1.83. The molecule has 2 aromatic rings. The molecule has 2 rings (SSSR count). The average molecular weight is 332 g/mol. The van der Waals surface area contributed by atoms with Crippen molar-refractivity contribution in [2.45, 2.75) is 43.9 Å². The fourth-order valence-corrected chi connectivity index (χ4v) is 3.07. The van der Waals surface area contributed by atoms with E-state index in [4.69, 9.17) is 0 Å². The largest absolute Gasteiger partial charge is 0.336 e. The Morgan fingerprint density at radius 2 is 2.26 bits per heavy atom. The molecule has 2 amide bonds. The van der Waals surface area contributed by atoms with Gasteiger partial charge in [-0.15, -0.1) is 11.8 Å². The number of urea groups is 1. The number of benzene rings is 1. The smallest absolute Gasteiger partial charge is 0.319 e. The van der Waals surface area contributed by atoms with Gasteiger partial charge in [0, 0.05) is 41.3 Å². The first-order valence-electron chi connectivity index (χ1n) is 7.86. The third-order valence-corrected chi connectivity index (χ3v) is 4.83. The Hall–Kier alpha value is -1.95. The number of anilines is 1. The molecule has 0 aliphatic carbocycles. The van der Waals surface area contributed by atoms with E-state index in [-0.39, 0.29) is 6.03 Å². The van der Waals surface area contributed by atoms with E-state index >= 15 is 0 Å². The van der Waals surface area contributed by atoms with Crippen LogP contribution in [-0.2, 0) is 6.54 Å². The molecule has 0 radical (unpaired) electrons. The van der Waals surface area contributed by atoms with Gasteiger partial charge in [0.15, 0.2) is 0 Å². The molecule has 1 aromatic carbocycles. The number of carbonyl (C=O) groups excluding carboxylic acids is 1. The molecule has 6 heteroatoms. The van der Waals surface area contributed by atoms with Crippen molar-refractivity contribution in [1.29, 1.82) is 0 Å². The van der Waals surface area contributed by atoms with E-state index in [2.05, 4.69) is 41.6 Å². The van der Waals surface area contributed by atoms with Gasteiger partial charge in [-0.1, -0.05) is 13.8 Å². The second-order valence-electron chi connectivity index (χ2n) is 5.49. The lowest BCUT2D eigenvalue weighted by Crippen LogP contribution is -2.31. The predicted molar refractivity (Wildman–Crippen MR) is 96.0 cm³/mol. The molecule has 1 heterocycles. The highest BCUT2D eigenvalue weighted by molar-refractivity contribution is 7.99. The molecule has 124 valence electrons. The SMILES string of the molecule is CCC(C)Sc1ccc(NC(=O)NCCn2ccnc2)c(C)c1. The second-order valence-corrected chi connectivity index (χ2v) is 7.01. The molecule has 0 saturated heterocycles. The molecular formula is C17H24N4OS. The van der Waals surface area contributed by atoms with Crippen LogP contribution in [0.15, 0.2) is 41.8 Å². The maximum atomic E-state index is 11.9. The quantitative estimate of drug-likeness (QED) is 0.756. The number of imidazole rings is 1. The van der Waals surface area contributed by atoms with Gasteiger partial charge in [-0.05, 0) is 37.1 Å². The van der Waals surface area contributed by atoms with Crippen molar-refractivity contribution in [1.82, 2.24) is 14.9 Å². The predicted octanol–water partition coefficient (Wildman–Crippen LogP) is 3.90. The van der Waals surface area contributed by atoms with Crippen LogP contribution in [-0.4, -0.2) is 27.4 Å². The van der Waals surface area contributed by atoms with Gasteiger partial charge in [0.1, 0.15) is 0 Å². The van der Waals surface area contributed by atoms with Crippen LogP contribution in [0, 0.1) is 6.92 Å². The number of hydrogen-bond acceptors (Lipinski definition) is 3. The zero-order valence-electron chi connectivity index (χ0n) is 13.9. The molecule has 2 N–H and O–H groups in total. The summed E-state index contributed by atoms with van der Waals surface area (Å²) in [5.74, 6) is 0. The summed E-state index contributed by atoms with van der Waals surface area (Å²) < 4.78 is 1.92. The Kier molecular flexibility index (Phi) is 6.52. The van der Waals surface area contributed by atoms with Gasteiger partial charge in [0.2, 0.25) is 0 Å². The van der Waals surface area contributed by atoms with Gasteiger partial charge in [-0.2, -0.15) is 0 Å². The molecule has 5 nitrogen and oxygen atoms in total. The third-order valence-electron chi connectivity index (χ3n) is 3.57. The van der Waals surface area contributed by atoms with E-state index in [1.165, 1.54) is 4.90 Å². The number of nitrogens with zero attached hydrogens (tertiary/aromatic N) is 2. The van der Waals surface area contributed by atoms with Crippen molar-refractivity contribution < 1.29 is 4.79 Å². The molecule has 23 heavy (non-hydrogen) atoms. The minimum Gasteiger partial charge on any atom is -0.336 e. The number of rotatable bonds is 7. The fraction of sp³-hybridized carbons (Fsp3) is 0.412. The molecular weight excluding hydrogens is 308 g/mol. The first-order chi connectivity index (χ1) is 11.1. The molecule has 1 aromatic heterocycles. The highest BCUT2D eigenvalue weighted by Crippen LogP contribution is 2.28. The second kappa shape index (κ2) is 8.62. The van der Waals surface area contributed by atoms with Crippen LogP contribution in [0.5, 0.6) is 0 Å². The van der Waals surface area contributed by atoms with Crippen molar-refractivity contribution in [2.24, 2.45) is 0 Å². The van der Waals surface area contributed by atoms with Crippen LogP contribution < -0.4 is 10.6 Å². The summed E-state index contributed by atoms with van der Waals surface area (Å²) in [5.41, 5.74) is 1.92. The molecule has 1 atom stereocenters. The van der Waals surface area contributed by atoms with Gasteiger partial charge in [-0.3, -0.25) is 0 Å². The number of thioether (sulfide) groups is 1. The third kappa shape index (κ3) is 5.63. The summed E-state index contributed by atoms with van der Waals surface area (Å²) >= 11 is 1.86. The van der Waals surface area contributed by atoms with Gasteiger partial charge in [0.05, 0.1) is 6.33 Å². The number of carbonyl (C=O) groups is 1. The molecule has 0 fully saturated rings. The molecule has 0 bridgehead atoms. The Labute approximate surface area is 141 Å². The number of hydrogen-bond donors (Lipinski definition) is 2. The minimum atomic E-state index is -0.185. The fourth-order valence-electron chi connectivity index (χ4n) is 2.05. The maximum Gasteiger partial charge on any atom is 0.319 e. The zero-order valence-corrected chi connectivity index (χ0v) is 14.7. The van der Waals surface area contributed by atoms with E-state index in [0.29, 0.717) is 18.3 Å². The summed E-state index contributed by atoms with van der Waals surface area (Å²) in [7, 11) is 0. The van der Waals surface area contributed by atoms with Crippen LogP contribution in [0.1, 0.15) is 25.8 Å². The number of aromatic nitrogens is 2. The van der Waals surface area contributed by atoms with Crippen LogP contribution >= 0.6 is 11.8 Å². The highest BCUT2D eigenvalue weighted by Gasteiger charge is 2.07. The van der Waals surface area contributed by atoms with Gasteiger partial charge >= 0.3 is 6.03 Å². The minimum absolute atomic E-state index is 0.185. The van der Waals surface area contributed by atoms with E-state index in [1.54, 1.807) is 12.5 Å². The molecule has 0 spiro atoms. The number of nitrogens with one attached hydrogen (secondary N) is 2. The molecule has 0 saturated carbocycles. The molecule has 0 aliphatic heterocycles. The molecule has 0 aliphatic rings. The topological polar surface area (TPSA) is 59.0 Å². The standard InChI is InChI=1S/C17H24N4OS/c1-4-14(3)23-15-5-6-16(13(2)11-15)20-17(22)19-8-10-21-9-7-18-12-21/h5-7,9,11-12,14H,4,8,10H2,1-3H3,(H2,19,20,22). The summed E-state index contributed by atoms with van der Waals surface area (Å²) in [6.45, 7) is 7.69. The summed E-state index contributed by atoms with van der Waals surface area (Å²) in [6, 6.07) is 5.97. The summed E-state index contributed by atoms with van der Waals surface area (Å²) in [5, 5.41) is 6.35. The van der Waals surface area contributed by atoms with Crippen molar-refractivity contribution >= 4 is 23.5 Å². The van der Waals surface area contributed by atoms with E-state index in [1.807, 2.05) is 35.5 Å². The van der Waals surface area contributed by atoms with Crippen molar-refractivity contribution in [3.05, 3.63) is 42.5 Å². The van der Waals surface area contributed by atoms with E-state index in [9.17, 15) is 4.79 Å². The summed E-state index contributed by atoms with van der Waals surface area (Å²) in [6.07, 6.45) is 6.47. The van der Waals surface area contributed by atoms with Crippen LogP contribution in [0.4, 0.5) is 10.5 Å². The van der Waals surface area contributed by atoms with Gasteiger partial charge in [-0.25, -0.2) is 9.78 Å². The Morgan fingerprint density at radius 1 is 1.43 bits per heavy atom. The van der Waals surface area contributed by atoms with Crippen molar-refractivity contribution in [3.8, 4) is 0 Å². The van der Waals surface area contributed by atoms with Crippen molar-refractivity contribution in [3.63, 3.8) is 0 Å². The first kappa shape index (κ1) is 17.4. The maximum absolute atomic E-state index is 11.9. The highest BCUT2D eigenvalue weighted by atomic mass is 32.2. The lowest BCUT2D eigenvalue weighted by molar-refractivity contribution is 0.251. The molecule has 1 unspecified atom stereocenters. The number of aryl methyl sites for hydroxylation is 1. The lowest BCUT2D eigenvalue weighted by atomic mass is 10.2. The monoisotopic (exact) mass is 332 g/mol. The van der Waals surface area contributed by atoms with Crippen LogP contribution in [0.25, 0.3) is 0 Å². The van der Waals surface area contributed by atoms with Gasteiger partial charge in [0.25, 0.3) is 0 Å². The normalized spacial score (nSPS) is 12.0. The first-order valence-corrected chi connectivity index (χ1v) is 8.74. The van der Waals surface area contributed by atoms with E-state index in [0.717, 1.165) is 17.7 Å². The lowest BCUT2D eigenvalue weighted by Gasteiger charge is -2.13. The number of amides is 2. The van der Waals surface area contributed by atoms with Gasteiger partial charge < -0.3 is 15.2 Å². The van der Waals surface area contributed by atoms with E-state index < -0.39 is 0 Å². The van der Waals surface area contributed by atoms with Crippen LogP contribution in [0.2, 0.25) is 0 Å². The zero-order chi connectivity index (χ0) is 16.7. The summed E-state index contributed by atoms with van der Waals surface area (Å²) in [4.78, 5) is 17.2. The Bertz CT molecular complexity index is 628. The van der Waals surface area contributed by atoms with Crippen molar-refractivity contribution in [2.75, 3.05) is 11.9 Å². The Morgan fingerprint density at radius 3 is 2.91 bits per heavy atom. The average Bonchev–Trinajstić information content (AvgIpc) is 3.03. The van der Waals surface area contributed by atoms with Crippen LogP contribution in [0.3, 0.4) is 0 Å².